The van der Waals surface area contributed by atoms with Gasteiger partial charge in [-0.25, -0.2) is 0 Å². The van der Waals surface area contributed by atoms with E-state index in [1.54, 1.807) is 17.0 Å². The maximum atomic E-state index is 12.5. The lowest BCUT2D eigenvalue weighted by atomic mass is 10.1. The number of carbonyl (C=O) groups is 2. The molecule has 1 aliphatic rings. The van der Waals surface area contributed by atoms with Crippen LogP contribution in [-0.4, -0.2) is 25.0 Å². The van der Waals surface area contributed by atoms with E-state index in [1.807, 2.05) is 50.2 Å². The van der Waals surface area contributed by atoms with E-state index in [1.165, 1.54) is 0 Å². The van der Waals surface area contributed by atoms with Crippen LogP contribution in [0.4, 0.5) is 5.69 Å². The van der Waals surface area contributed by atoms with Crippen LogP contribution in [0.15, 0.2) is 48.5 Å². The van der Waals surface area contributed by atoms with E-state index in [0.717, 1.165) is 30.0 Å². The van der Waals surface area contributed by atoms with Crippen LogP contribution in [-0.2, 0) is 4.79 Å². The summed E-state index contributed by atoms with van der Waals surface area (Å²) in [6.07, 6.45) is 1.49. The third-order valence-electron chi connectivity index (χ3n) is 4.55. The molecule has 1 heterocycles. The molecule has 0 aliphatic carbocycles. The van der Waals surface area contributed by atoms with Gasteiger partial charge in [0.05, 0.1) is 12.6 Å². The summed E-state index contributed by atoms with van der Waals surface area (Å²) >= 11 is 0. The number of nitrogens with zero attached hydrogens (tertiary/aromatic N) is 1. The predicted octanol–water partition coefficient (Wildman–Crippen LogP) is 3.70. The van der Waals surface area contributed by atoms with Crippen molar-refractivity contribution in [3.63, 3.8) is 0 Å². The lowest BCUT2D eigenvalue weighted by Crippen LogP contribution is -2.27. The Balaban J connectivity index is 1.62. The third kappa shape index (κ3) is 4.04. The van der Waals surface area contributed by atoms with Gasteiger partial charge in [0.15, 0.2) is 0 Å². The van der Waals surface area contributed by atoms with Gasteiger partial charge < -0.3 is 15.0 Å². The Morgan fingerprint density at radius 1 is 1.15 bits per heavy atom. The second kappa shape index (κ2) is 8.04. The molecular formula is C21H24N2O3. The molecule has 0 radical (unpaired) electrons. The summed E-state index contributed by atoms with van der Waals surface area (Å²) in [5, 5.41) is 3.00. The van der Waals surface area contributed by atoms with Crippen molar-refractivity contribution in [1.82, 2.24) is 5.32 Å². The van der Waals surface area contributed by atoms with Gasteiger partial charge in [0.1, 0.15) is 5.75 Å². The van der Waals surface area contributed by atoms with E-state index in [9.17, 15) is 9.59 Å². The first-order chi connectivity index (χ1) is 12.6. The molecular weight excluding hydrogens is 328 g/mol. The lowest BCUT2D eigenvalue weighted by molar-refractivity contribution is -0.117. The molecule has 1 atom stereocenters. The van der Waals surface area contributed by atoms with E-state index in [-0.39, 0.29) is 17.9 Å². The molecule has 1 N–H and O–H groups in total. The van der Waals surface area contributed by atoms with Crippen LogP contribution in [0.25, 0.3) is 0 Å². The Kier molecular flexibility index (Phi) is 5.56. The maximum absolute atomic E-state index is 12.5. The maximum Gasteiger partial charge on any atom is 0.251 e. The molecule has 1 unspecified atom stereocenters. The first-order valence-corrected chi connectivity index (χ1v) is 9.02. The Morgan fingerprint density at radius 3 is 2.42 bits per heavy atom. The summed E-state index contributed by atoms with van der Waals surface area (Å²) in [4.78, 5) is 26.0. The van der Waals surface area contributed by atoms with Gasteiger partial charge in [-0.05, 0) is 62.2 Å². The Morgan fingerprint density at radius 2 is 1.85 bits per heavy atom. The van der Waals surface area contributed by atoms with Gasteiger partial charge in [-0.2, -0.15) is 0 Å². The van der Waals surface area contributed by atoms with Crippen LogP contribution >= 0.6 is 0 Å². The number of hydrogen-bond donors (Lipinski definition) is 1. The standard InChI is InChI=1S/C21H24N2O3/c1-3-26-19-12-8-16(9-13-19)15(2)22-21(25)17-6-10-18(11-7-17)23-14-4-5-20(23)24/h6-13,15H,3-5,14H2,1-2H3,(H,22,25). The molecule has 1 aliphatic heterocycles. The minimum Gasteiger partial charge on any atom is -0.494 e. The first kappa shape index (κ1) is 18.0. The van der Waals surface area contributed by atoms with Crippen molar-refractivity contribution >= 4 is 17.5 Å². The molecule has 1 saturated heterocycles. The minimum atomic E-state index is -0.134. The number of ether oxygens (including phenoxy) is 1. The average molecular weight is 352 g/mol. The lowest BCUT2D eigenvalue weighted by Gasteiger charge is -2.17. The van der Waals surface area contributed by atoms with Crippen LogP contribution in [0.3, 0.4) is 0 Å². The zero-order chi connectivity index (χ0) is 18.5. The van der Waals surface area contributed by atoms with E-state index in [4.69, 9.17) is 4.74 Å². The van der Waals surface area contributed by atoms with Gasteiger partial charge in [-0.3, -0.25) is 9.59 Å². The number of hydrogen-bond acceptors (Lipinski definition) is 3. The largest absolute Gasteiger partial charge is 0.494 e. The Hall–Kier alpha value is -2.82. The molecule has 0 saturated carbocycles. The normalized spacial score (nSPS) is 15.0. The fraction of sp³-hybridized carbons (Fsp3) is 0.333. The molecule has 5 heteroatoms. The van der Waals surface area contributed by atoms with Crippen LogP contribution in [0, 0.1) is 0 Å². The molecule has 0 bridgehead atoms. The topological polar surface area (TPSA) is 58.6 Å². The zero-order valence-electron chi connectivity index (χ0n) is 15.2. The summed E-state index contributed by atoms with van der Waals surface area (Å²) in [7, 11) is 0. The van der Waals surface area contributed by atoms with Crippen LogP contribution < -0.4 is 15.0 Å². The van der Waals surface area contributed by atoms with Crippen LogP contribution in [0.5, 0.6) is 5.75 Å². The van der Waals surface area contributed by atoms with E-state index < -0.39 is 0 Å². The van der Waals surface area contributed by atoms with E-state index in [0.29, 0.717) is 18.6 Å². The second-order valence-electron chi connectivity index (χ2n) is 6.39. The Bertz CT molecular complexity index is 769. The van der Waals surface area contributed by atoms with E-state index >= 15 is 0 Å². The van der Waals surface area contributed by atoms with Crippen molar-refractivity contribution in [2.75, 3.05) is 18.1 Å². The molecule has 2 amide bonds. The first-order valence-electron chi connectivity index (χ1n) is 9.02. The van der Waals surface area contributed by atoms with Gasteiger partial charge in [-0.1, -0.05) is 12.1 Å². The predicted molar refractivity (Wildman–Crippen MR) is 102 cm³/mol. The van der Waals surface area contributed by atoms with Crippen LogP contribution in [0.1, 0.15) is 48.7 Å². The molecule has 2 aromatic carbocycles. The molecule has 3 rings (SSSR count). The highest BCUT2D eigenvalue weighted by atomic mass is 16.5. The zero-order valence-corrected chi connectivity index (χ0v) is 15.2. The number of rotatable bonds is 6. The molecule has 2 aromatic rings. The SMILES string of the molecule is CCOc1ccc(C(C)NC(=O)c2ccc(N3CCCC3=O)cc2)cc1. The quantitative estimate of drug-likeness (QED) is 0.862. The number of nitrogens with one attached hydrogen (secondary N) is 1. The smallest absolute Gasteiger partial charge is 0.251 e. The fourth-order valence-corrected chi connectivity index (χ4v) is 3.10. The summed E-state index contributed by atoms with van der Waals surface area (Å²) in [5.41, 5.74) is 2.45. The number of anilines is 1. The summed E-state index contributed by atoms with van der Waals surface area (Å²) in [6.45, 7) is 5.27. The molecule has 5 nitrogen and oxygen atoms in total. The van der Waals surface area contributed by atoms with Gasteiger partial charge >= 0.3 is 0 Å². The summed E-state index contributed by atoms with van der Waals surface area (Å²) in [5.74, 6) is 0.832. The minimum absolute atomic E-state index is 0.113. The highest BCUT2D eigenvalue weighted by Gasteiger charge is 2.21. The van der Waals surface area contributed by atoms with Crippen molar-refractivity contribution in [2.24, 2.45) is 0 Å². The van der Waals surface area contributed by atoms with Gasteiger partial charge in [0.25, 0.3) is 5.91 Å². The average Bonchev–Trinajstić information content (AvgIpc) is 3.08. The van der Waals surface area contributed by atoms with Crippen molar-refractivity contribution in [3.8, 4) is 5.75 Å². The highest BCUT2D eigenvalue weighted by Crippen LogP contribution is 2.22. The van der Waals surface area contributed by atoms with Gasteiger partial charge in [0, 0.05) is 24.2 Å². The number of benzene rings is 2. The van der Waals surface area contributed by atoms with Crippen LogP contribution in [0.2, 0.25) is 0 Å². The van der Waals surface area contributed by atoms with Crippen molar-refractivity contribution in [1.29, 1.82) is 0 Å². The molecule has 0 spiro atoms. The second-order valence-corrected chi connectivity index (χ2v) is 6.39. The summed E-state index contributed by atoms with van der Waals surface area (Å²) < 4.78 is 5.44. The molecule has 136 valence electrons. The molecule has 26 heavy (non-hydrogen) atoms. The van der Waals surface area contributed by atoms with E-state index in [2.05, 4.69) is 5.32 Å². The summed E-state index contributed by atoms with van der Waals surface area (Å²) in [6, 6.07) is 14.8. The fourth-order valence-electron chi connectivity index (χ4n) is 3.10. The van der Waals surface area contributed by atoms with Crippen molar-refractivity contribution in [2.45, 2.75) is 32.7 Å². The van der Waals surface area contributed by atoms with Crippen molar-refractivity contribution in [3.05, 3.63) is 59.7 Å². The van der Waals surface area contributed by atoms with Gasteiger partial charge in [0.2, 0.25) is 5.91 Å². The molecule has 1 fully saturated rings. The Labute approximate surface area is 154 Å². The molecule has 0 aromatic heterocycles. The monoisotopic (exact) mass is 352 g/mol. The highest BCUT2D eigenvalue weighted by molar-refractivity contribution is 5.97. The number of carbonyl (C=O) groups excluding carboxylic acids is 2. The van der Waals surface area contributed by atoms with Gasteiger partial charge in [-0.15, -0.1) is 0 Å². The third-order valence-corrected chi connectivity index (χ3v) is 4.55. The van der Waals surface area contributed by atoms with Crippen molar-refractivity contribution < 1.29 is 14.3 Å². The number of amides is 2.